The summed E-state index contributed by atoms with van der Waals surface area (Å²) in [5.74, 6) is 1.28. The molecule has 1 heterocycles. The van der Waals surface area contributed by atoms with Gasteiger partial charge in [-0.1, -0.05) is 0 Å². The normalized spacial score (nSPS) is 22.5. The van der Waals surface area contributed by atoms with Crippen LogP contribution in [0.4, 0.5) is 13.2 Å². The van der Waals surface area contributed by atoms with Gasteiger partial charge in [-0.25, -0.2) is 8.42 Å². The second kappa shape index (κ2) is 8.30. The fourth-order valence-electron chi connectivity index (χ4n) is 3.23. The molecule has 26 heavy (non-hydrogen) atoms. The van der Waals surface area contributed by atoms with Crippen LogP contribution in [0.3, 0.4) is 0 Å². The van der Waals surface area contributed by atoms with Crippen LogP contribution in [0.15, 0.2) is 4.99 Å². The molecule has 7 nitrogen and oxygen atoms in total. The maximum absolute atomic E-state index is 12.6. The van der Waals surface area contributed by atoms with Crippen molar-refractivity contribution in [2.75, 3.05) is 40.8 Å². The topological polar surface area (TPSA) is 77.0 Å². The van der Waals surface area contributed by atoms with E-state index in [9.17, 15) is 21.6 Å². The van der Waals surface area contributed by atoms with Gasteiger partial charge in [-0.05, 0) is 45.7 Å². The lowest BCUT2D eigenvalue weighted by Crippen LogP contribution is -2.53. The van der Waals surface area contributed by atoms with Gasteiger partial charge >= 0.3 is 15.5 Å². The van der Waals surface area contributed by atoms with E-state index in [1.807, 2.05) is 14.1 Å². The molecule has 1 aliphatic carbocycles. The molecule has 1 unspecified atom stereocenters. The number of alkyl halides is 3. The second-order valence-electron chi connectivity index (χ2n) is 7.09. The number of sulfonamides is 1. The van der Waals surface area contributed by atoms with E-state index in [2.05, 4.69) is 20.5 Å². The minimum Gasteiger partial charge on any atom is -0.355 e. The smallest absolute Gasteiger partial charge is 0.355 e. The summed E-state index contributed by atoms with van der Waals surface area (Å²) < 4.78 is 61.2. The first-order chi connectivity index (χ1) is 12.1. The molecule has 2 rings (SSSR count). The Bertz CT molecular complexity index is 595. The van der Waals surface area contributed by atoms with Crippen molar-refractivity contribution in [2.45, 2.75) is 43.3 Å². The lowest BCUT2D eigenvalue weighted by molar-refractivity contribution is -0.0494. The molecule has 0 aromatic heterocycles. The zero-order valence-corrected chi connectivity index (χ0v) is 16.2. The van der Waals surface area contributed by atoms with Gasteiger partial charge in [0.15, 0.2) is 5.96 Å². The third kappa shape index (κ3) is 5.23. The van der Waals surface area contributed by atoms with Crippen molar-refractivity contribution in [3.63, 3.8) is 0 Å². The molecule has 0 bridgehead atoms. The third-order valence-electron chi connectivity index (χ3n) is 4.96. The van der Waals surface area contributed by atoms with Crippen molar-refractivity contribution in [3.05, 3.63) is 0 Å². The quantitative estimate of drug-likeness (QED) is 0.511. The van der Waals surface area contributed by atoms with Crippen LogP contribution in [-0.4, -0.2) is 82.0 Å². The zero-order chi connectivity index (χ0) is 19.5. The van der Waals surface area contributed by atoms with E-state index in [1.54, 1.807) is 7.05 Å². The zero-order valence-electron chi connectivity index (χ0n) is 15.4. The van der Waals surface area contributed by atoms with Crippen molar-refractivity contribution in [1.29, 1.82) is 0 Å². The highest BCUT2D eigenvalue weighted by atomic mass is 32.2. The fraction of sp³-hybridized carbons (Fsp3) is 0.933. The van der Waals surface area contributed by atoms with Crippen LogP contribution in [0, 0.1) is 5.92 Å². The third-order valence-corrected chi connectivity index (χ3v) is 6.59. The van der Waals surface area contributed by atoms with Crippen molar-refractivity contribution in [2.24, 2.45) is 10.9 Å². The SMILES string of the molecule is CN=C(NCC(C1CC1)N(C)C)NC1CCN(S(=O)(=O)C(F)(F)F)CC1. The Morgan fingerprint density at radius 3 is 2.23 bits per heavy atom. The van der Waals surface area contributed by atoms with Crippen molar-refractivity contribution >= 4 is 16.0 Å². The molecule has 0 amide bonds. The first kappa shape index (κ1) is 21.2. The number of likely N-dealkylation sites (N-methyl/N-ethyl adjacent to an activating group) is 1. The molecule has 2 aliphatic rings. The molecular weight excluding hydrogens is 371 g/mol. The van der Waals surface area contributed by atoms with E-state index in [-0.39, 0.29) is 19.1 Å². The summed E-state index contributed by atoms with van der Waals surface area (Å²) >= 11 is 0. The second-order valence-corrected chi connectivity index (χ2v) is 9.02. The van der Waals surface area contributed by atoms with Crippen molar-refractivity contribution in [3.8, 4) is 0 Å². The molecule has 0 radical (unpaired) electrons. The fourth-order valence-corrected chi connectivity index (χ4v) is 4.21. The van der Waals surface area contributed by atoms with E-state index < -0.39 is 15.5 Å². The maximum Gasteiger partial charge on any atom is 0.511 e. The number of aliphatic imine (C=N–C) groups is 1. The monoisotopic (exact) mass is 399 g/mol. The Morgan fingerprint density at radius 1 is 1.23 bits per heavy atom. The minimum absolute atomic E-state index is 0.111. The van der Waals surface area contributed by atoms with Gasteiger partial charge < -0.3 is 15.5 Å². The van der Waals surface area contributed by atoms with Gasteiger partial charge in [-0.3, -0.25) is 4.99 Å². The average molecular weight is 399 g/mol. The van der Waals surface area contributed by atoms with Crippen LogP contribution in [0.25, 0.3) is 0 Å². The minimum atomic E-state index is -5.24. The predicted molar refractivity (Wildman–Crippen MR) is 94.3 cm³/mol. The Balaban J connectivity index is 1.82. The van der Waals surface area contributed by atoms with Gasteiger partial charge in [0, 0.05) is 38.8 Å². The van der Waals surface area contributed by atoms with Gasteiger partial charge in [0.25, 0.3) is 0 Å². The Kier molecular flexibility index (Phi) is 6.78. The Labute approximate surface area is 153 Å². The Hall–Kier alpha value is -1.07. The van der Waals surface area contributed by atoms with E-state index in [1.165, 1.54) is 12.8 Å². The van der Waals surface area contributed by atoms with Crippen molar-refractivity contribution < 1.29 is 21.6 Å². The lowest BCUT2D eigenvalue weighted by atomic mass is 10.1. The van der Waals surface area contributed by atoms with Crippen LogP contribution in [-0.2, 0) is 10.0 Å². The number of hydrogen-bond acceptors (Lipinski definition) is 4. The molecule has 0 spiro atoms. The molecule has 152 valence electrons. The summed E-state index contributed by atoms with van der Waals surface area (Å²) in [5.41, 5.74) is -5.24. The molecule has 1 aliphatic heterocycles. The predicted octanol–water partition coefficient (Wildman–Crippen LogP) is 0.806. The molecule has 0 aromatic rings. The molecule has 1 atom stereocenters. The largest absolute Gasteiger partial charge is 0.511 e. The van der Waals surface area contributed by atoms with E-state index in [4.69, 9.17) is 0 Å². The summed E-state index contributed by atoms with van der Waals surface area (Å²) in [7, 11) is 0.482. The van der Waals surface area contributed by atoms with Crippen LogP contribution < -0.4 is 10.6 Å². The highest BCUT2D eigenvalue weighted by Crippen LogP contribution is 2.34. The van der Waals surface area contributed by atoms with E-state index in [0.29, 0.717) is 35.1 Å². The van der Waals surface area contributed by atoms with Gasteiger partial charge in [-0.2, -0.15) is 17.5 Å². The van der Waals surface area contributed by atoms with Crippen LogP contribution in [0.1, 0.15) is 25.7 Å². The van der Waals surface area contributed by atoms with E-state index in [0.717, 1.165) is 6.54 Å². The number of hydrogen-bond donors (Lipinski definition) is 2. The molecule has 2 fully saturated rings. The summed E-state index contributed by atoms with van der Waals surface area (Å²) in [6.07, 6.45) is 3.05. The highest BCUT2D eigenvalue weighted by molar-refractivity contribution is 7.90. The summed E-state index contributed by atoms with van der Waals surface area (Å²) in [6.45, 7) is 0.427. The van der Waals surface area contributed by atoms with Crippen LogP contribution in [0.5, 0.6) is 0 Å². The maximum atomic E-state index is 12.6. The molecule has 0 aromatic carbocycles. The number of nitrogens with zero attached hydrogens (tertiary/aromatic N) is 3. The molecule has 1 saturated carbocycles. The lowest BCUT2D eigenvalue weighted by Gasteiger charge is -2.33. The van der Waals surface area contributed by atoms with Gasteiger partial charge in [0.05, 0.1) is 0 Å². The molecular formula is C15H28F3N5O2S. The van der Waals surface area contributed by atoms with Crippen LogP contribution in [0.2, 0.25) is 0 Å². The number of nitrogens with one attached hydrogen (secondary N) is 2. The standard InChI is InChI=1S/C15H28F3N5O2S/c1-19-14(20-10-13(22(2)3)11-4-5-11)21-12-6-8-23(9-7-12)26(24,25)15(16,17)18/h11-13H,4-10H2,1-3H3,(H2,19,20,21). The summed E-state index contributed by atoms with van der Waals surface area (Å²) in [4.78, 5) is 6.34. The van der Waals surface area contributed by atoms with Gasteiger partial charge in [0.1, 0.15) is 0 Å². The molecule has 1 saturated heterocycles. The van der Waals surface area contributed by atoms with Crippen molar-refractivity contribution in [1.82, 2.24) is 19.8 Å². The first-order valence-corrected chi connectivity index (χ1v) is 10.2. The van der Waals surface area contributed by atoms with E-state index >= 15 is 0 Å². The van der Waals surface area contributed by atoms with Gasteiger partial charge in [0.2, 0.25) is 0 Å². The Morgan fingerprint density at radius 2 is 1.81 bits per heavy atom. The highest BCUT2D eigenvalue weighted by Gasteiger charge is 2.50. The molecule has 2 N–H and O–H groups in total. The average Bonchev–Trinajstić information content (AvgIpc) is 3.38. The van der Waals surface area contributed by atoms with Crippen LogP contribution >= 0.6 is 0 Å². The summed E-state index contributed by atoms with van der Waals surface area (Å²) in [5, 5.41) is 6.46. The number of piperidine rings is 1. The first-order valence-electron chi connectivity index (χ1n) is 8.76. The van der Waals surface area contributed by atoms with Gasteiger partial charge in [-0.15, -0.1) is 0 Å². The molecule has 11 heteroatoms. The summed E-state index contributed by atoms with van der Waals surface area (Å²) in [6, 6.07) is 0.298. The number of rotatable bonds is 6. The number of halogens is 3. The number of guanidine groups is 1.